The molecule has 1 heterocycles. The summed E-state index contributed by atoms with van der Waals surface area (Å²) in [4.78, 5) is 24.4. The van der Waals surface area contributed by atoms with Gasteiger partial charge in [0.25, 0.3) is 0 Å². The largest absolute Gasteiger partial charge is 0.467 e. The molecule has 25 heavy (non-hydrogen) atoms. The second-order valence-electron chi connectivity index (χ2n) is 6.12. The van der Waals surface area contributed by atoms with E-state index < -0.39 is 6.04 Å². The van der Waals surface area contributed by atoms with Crippen LogP contribution in [0.15, 0.2) is 41.0 Å². The van der Waals surface area contributed by atoms with Gasteiger partial charge >= 0.3 is 0 Å². The molecule has 5 nitrogen and oxygen atoms in total. The molecule has 7 heteroatoms. The summed E-state index contributed by atoms with van der Waals surface area (Å²) in [5, 5.41) is 6.45. The highest BCUT2D eigenvalue weighted by molar-refractivity contribution is 6.42. The van der Waals surface area contributed by atoms with Gasteiger partial charge in [-0.3, -0.25) is 9.59 Å². The molecule has 1 fully saturated rings. The zero-order chi connectivity index (χ0) is 18.0. The van der Waals surface area contributed by atoms with Gasteiger partial charge in [-0.1, -0.05) is 35.3 Å². The lowest BCUT2D eigenvalue weighted by molar-refractivity contribution is -0.129. The average Bonchev–Trinajstić information content (AvgIpc) is 3.21. The molecule has 3 atom stereocenters. The number of hydrogen-bond acceptors (Lipinski definition) is 3. The van der Waals surface area contributed by atoms with Gasteiger partial charge < -0.3 is 15.1 Å². The number of rotatable bonds is 6. The number of hydrogen-bond donors (Lipinski definition) is 2. The van der Waals surface area contributed by atoms with Crippen molar-refractivity contribution in [2.45, 2.75) is 31.8 Å². The summed E-state index contributed by atoms with van der Waals surface area (Å²) in [6, 6.07) is 8.32. The van der Waals surface area contributed by atoms with Gasteiger partial charge in [-0.15, -0.1) is 0 Å². The number of carbonyl (C=O) groups excluding carboxylic acids is 2. The fraction of sp³-hybridized carbons (Fsp3) is 0.333. The van der Waals surface area contributed by atoms with E-state index in [2.05, 4.69) is 10.6 Å². The fourth-order valence-electron chi connectivity index (χ4n) is 2.76. The third-order valence-corrected chi connectivity index (χ3v) is 5.11. The highest BCUT2D eigenvalue weighted by Crippen LogP contribution is 2.50. The molecule has 0 aliphatic heterocycles. The number of amides is 2. The lowest BCUT2D eigenvalue weighted by atomic mass is 10.1. The predicted molar refractivity (Wildman–Crippen MR) is 95.5 cm³/mol. The average molecular weight is 381 g/mol. The van der Waals surface area contributed by atoms with Gasteiger partial charge in [0.05, 0.1) is 22.9 Å². The molecule has 1 aromatic heterocycles. The normalized spacial score (nSPS) is 20.0. The van der Waals surface area contributed by atoms with E-state index in [4.69, 9.17) is 27.6 Å². The second kappa shape index (κ2) is 7.50. The second-order valence-corrected chi connectivity index (χ2v) is 6.90. The van der Waals surface area contributed by atoms with Crippen LogP contribution < -0.4 is 10.6 Å². The molecule has 1 aliphatic carbocycles. The van der Waals surface area contributed by atoms with Gasteiger partial charge in [-0.25, -0.2) is 0 Å². The van der Waals surface area contributed by atoms with Crippen molar-refractivity contribution in [3.05, 3.63) is 58.0 Å². The fourth-order valence-corrected chi connectivity index (χ4v) is 3.21. The van der Waals surface area contributed by atoms with Crippen LogP contribution in [0.5, 0.6) is 0 Å². The van der Waals surface area contributed by atoms with Crippen LogP contribution in [0.3, 0.4) is 0 Å². The lowest BCUT2D eigenvalue weighted by Gasteiger charge is -2.14. The molecule has 2 N–H and O–H groups in total. The summed E-state index contributed by atoms with van der Waals surface area (Å²) in [6.07, 6.45) is 2.24. The first-order valence-electron chi connectivity index (χ1n) is 8.01. The van der Waals surface area contributed by atoms with Crippen molar-refractivity contribution in [1.29, 1.82) is 0 Å². The van der Waals surface area contributed by atoms with Crippen molar-refractivity contribution in [2.24, 2.45) is 5.92 Å². The van der Waals surface area contributed by atoms with E-state index in [0.29, 0.717) is 22.2 Å². The third kappa shape index (κ3) is 4.17. The minimum absolute atomic E-state index is 0.0459. The molecule has 132 valence electrons. The van der Waals surface area contributed by atoms with Gasteiger partial charge in [0.2, 0.25) is 11.8 Å². The summed E-state index contributed by atoms with van der Waals surface area (Å²) in [5.41, 5.74) is 0.879. The van der Waals surface area contributed by atoms with Crippen LogP contribution in [-0.4, -0.2) is 17.9 Å². The first-order valence-corrected chi connectivity index (χ1v) is 8.77. The number of halogens is 2. The predicted octanol–water partition coefficient (Wildman–Crippen LogP) is 3.51. The molecule has 3 rings (SSSR count). The standard InChI is InChI=1S/C18H18Cl2N2O3/c1-10(17(23)21-9-11-4-3-7-25-11)22-18(24)14-8-13(14)12-5-2-6-15(19)16(12)20/h2-7,10,13-14H,8-9H2,1H3,(H,21,23)(H,22,24). The van der Waals surface area contributed by atoms with E-state index in [1.165, 1.54) is 0 Å². The Morgan fingerprint density at radius 3 is 2.80 bits per heavy atom. The Kier molecular flexibility index (Phi) is 5.35. The Morgan fingerprint density at radius 2 is 2.08 bits per heavy atom. The number of carbonyl (C=O) groups is 2. The minimum Gasteiger partial charge on any atom is -0.467 e. The van der Waals surface area contributed by atoms with Crippen LogP contribution >= 0.6 is 23.2 Å². The summed E-state index contributed by atoms with van der Waals surface area (Å²) >= 11 is 12.2. The maximum Gasteiger partial charge on any atom is 0.242 e. The van der Waals surface area contributed by atoms with E-state index in [9.17, 15) is 9.59 Å². The molecule has 2 amide bonds. The van der Waals surface area contributed by atoms with Crippen molar-refractivity contribution in [1.82, 2.24) is 10.6 Å². The van der Waals surface area contributed by atoms with Crippen molar-refractivity contribution < 1.29 is 14.0 Å². The summed E-state index contributed by atoms with van der Waals surface area (Å²) in [5.74, 6) is 0.107. The summed E-state index contributed by atoms with van der Waals surface area (Å²) in [7, 11) is 0. The highest BCUT2D eigenvalue weighted by Gasteiger charge is 2.45. The van der Waals surface area contributed by atoms with Gasteiger partial charge in [-0.05, 0) is 43.0 Å². The molecular formula is C18H18Cl2N2O3. The smallest absolute Gasteiger partial charge is 0.242 e. The third-order valence-electron chi connectivity index (χ3n) is 4.28. The molecule has 2 aromatic rings. The van der Waals surface area contributed by atoms with Crippen LogP contribution in [-0.2, 0) is 16.1 Å². The zero-order valence-electron chi connectivity index (χ0n) is 13.6. The van der Waals surface area contributed by atoms with Crippen LogP contribution in [0.4, 0.5) is 0 Å². The molecule has 0 bridgehead atoms. The Morgan fingerprint density at radius 1 is 1.28 bits per heavy atom. The zero-order valence-corrected chi connectivity index (χ0v) is 15.1. The molecular weight excluding hydrogens is 363 g/mol. The van der Waals surface area contributed by atoms with Crippen molar-refractivity contribution in [2.75, 3.05) is 0 Å². The molecule has 0 radical (unpaired) electrons. The van der Waals surface area contributed by atoms with Crippen LogP contribution in [0.2, 0.25) is 10.0 Å². The molecule has 1 aromatic carbocycles. The molecule has 1 saturated carbocycles. The van der Waals surface area contributed by atoms with E-state index in [-0.39, 0.29) is 30.2 Å². The quantitative estimate of drug-likeness (QED) is 0.805. The topological polar surface area (TPSA) is 71.3 Å². The van der Waals surface area contributed by atoms with Crippen molar-refractivity contribution in [3.8, 4) is 0 Å². The summed E-state index contributed by atoms with van der Waals surface area (Å²) < 4.78 is 5.15. The molecule has 1 aliphatic rings. The first-order chi connectivity index (χ1) is 12.0. The lowest BCUT2D eigenvalue weighted by Crippen LogP contribution is -2.45. The van der Waals surface area contributed by atoms with Gasteiger partial charge in [0.15, 0.2) is 0 Å². The number of benzene rings is 1. The molecule has 3 unspecified atom stereocenters. The van der Waals surface area contributed by atoms with Crippen LogP contribution in [0, 0.1) is 5.92 Å². The maximum absolute atomic E-state index is 12.3. The van der Waals surface area contributed by atoms with E-state index in [1.807, 2.05) is 12.1 Å². The maximum atomic E-state index is 12.3. The SMILES string of the molecule is CC(NC(=O)C1CC1c1cccc(Cl)c1Cl)C(=O)NCc1ccco1. The molecule has 0 spiro atoms. The number of nitrogens with one attached hydrogen (secondary N) is 2. The minimum atomic E-state index is -0.626. The first kappa shape index (κ1) is 17.8. The van der Waals surface area contributed by atoms with Crippen LogP contribution in [0.1, 0.15) is 30.6 Å². The Hall–Kier alpha value is -1.98. The van der Waals surface area contributed by atoms with E-state index in [1.54, 1.807) is 31.4 Å². The van der Waals surface area contributed by atoms with Crippen LogP contribution in [0.25, 0.3) is 0 Å². The van der Waals surface area contributed by atoms with Gasteiger partial charge in [0.1, 0.15) is 11.8 Å². The van der Waals surface area contributed by atoms with Crippen molar-refractivity contribution in [3.63, 3.8) is 0 Å². The van der Waals surface area contributed by atoms with E-state index >= 15 is 0 Å². The summed E-state index contributed by atoms with van der Waals surface area (Å²) in [6.45, 7) is 1.94. The van der Waals surface area contributed by atoms with E-state index in [0.717, 1.165) is 5.56 Å². The Labute approximate surface area is 155 Å². The monoisotopic (exact) mass is 380 g/mol. The van der Waals surface area contributed by atoms with Gasteiger partial charge in [-0.2, -0.15) is 0 Å². The Balaban J connectivity index is 1.51. The van der Waals surface area contributed by atoms with Gasteiger partial charge in [0, 0.05) is 5.92 Å². The number of furan rings is 1. The Bertz CT molecular complexity index is 777. The van der Waals surface area contributed by atoms with Crippen molar-refractivity contribution >= 4 is 35.0 Å². The molecule has 0 saturated heterocycles. The highest BCUT2D eigenvalue weighted by atomic mass is 35.5.